The minimum absolute atomic E-state index is 0.00543. The van der Waals surface area contributed by atoms with Crippen molar-refractivity contribution in [3.8, 4) is 5.69 Å². The number of benzene rings is 1. The SMILES string of the molecule is C=S(#N)C1[C@H](C)OCC12CCN(c1nc(C)n(-c3cccc(Cl)c3Cl)c(=O)c1C)CC2. The van der Waals surface area contributed by atoms with Crippen LogP contribution in [0.5, 0.6) is 0 Å². The van der Waals surface area contributed by atoms with Crippen LogP contribution in [-0.2, 0) is 4.74 Å². The van der Waals surface area contributed by atoms with Gasteiger partial charge >= 0.3 is 0 Å². The molecular weight excluding hydrogens is 455 g/mol. The molecule has 1 unspecified atom stereocenters. The first-order valence-electron chi connectivity index (χ1n) is 10.3. The van der Waals surface area contributed by atoms with E-state index in [9.17, 15) is 9.40 Å². The average molecular weight is 481 g/mol. The molecule has 2 fully saturated rings. The summed E-state index contributed by atoms with van der Waals surface area (Å²) in [7, 11) is -0.940. The fourth-order valence-corrected chi connectivity index (χ4v) is 6.80. The smallest absolute Gasteiger partial charge is 0.263 e. The van der Waals surface area contributed by atoms with Crippen molar-refractivity contribution < 1.29 is 4.74 Å². The maximum atomic E-state index is 13.3. The first-order chi connectivity index (χ1) is 14.7. The summed E-state index contributed by atoms with van der Waals surface area (Å²) in [6, 6.07) is 5.22. The predicted octanol–water partition coefficient (Wildman–Crippen LogP) is 4.71. The van der Waals surface area contributed by atoms with Crippen LogP contribution in [0.2, 0.25) is 10.0 Å². The molecule has 2 aliphatic heterocycles. The highest BCUT2D eigenvalue weighted by Gasteiger charge is 2.50. The second-order valence-corrected chi connectivity index (χ2v) is 10.6. The molecule has 0 radical (unpaired) electrons. The Labute approximate surface area is 194 Å². The summed E-state index contributed by atoms with van der Waals surface area (Å²) in [4.78, 5) is 20.2. The molecule has 1 spiro atoms. The largest absolute Gasteiger partial charge is 0.376 e. The molecule has 0 N–H and O–H groups in total. The second-order valence-electron chi connectivity index (χ2n) is 8.51. The van der Waals surface area contributed by atoms with E-state index in [4.69, 9.17) is 32.9 Å². The van der Waals surface area contributed by atoms with Crippen molar-refractivity contribution in [3.63, 3.8) is 0 Å². The van der Waals surface area contributed by atoms with Gasteiger partial charge in [-0.3, -0.25) is 9.36 Å². The van der Waals surface area contributed by atoms with Crippen molar-refractivity contribution >= 4 is 45.0 Å². The van der Waals surface area contributed by atoms with Crippen molar-refractivity contribution in [2.45, 2.75) is 45.0 Å². The van der Waals surface area contributed by atoms with Gasteiger partial charge in [0, 0.05) is 18.5 Å². The summed E-state index contributed by atoms with van der Waals surface area (Å²) in [5, 5.41) is 0.769. The molecule has 0 aliphatic carbocycles. The normalized spacial score (nSPS) is 22.8. The lowest BCUT2D eigenvalue weighted by molar-refractivity contribution is 0.0976. The molecule has 0 saturated carbocycles. The number of aryl methyl sites for hydroxylation is 1. The Hall–Kier alpha value is -1.76. The summed E-state index contributed by atoms with van der Waals surface area (Å²) in [6.07, 6.45) is 1.74. The molecule has 0 amide bonds. The van der Waals surface area contributed by atoms with E-state index in [2.05, 4.69) is 10.8 Å². The average Bonchev–Trinajstić information content (AvgIpc) is 3.04. The van der Waals surface area contributed by atoms with Gasteiger partial charge in [0.2, 0.25) is 0 Å². The Morgan fingerprint density at radius 2 is 1.97 bits per heavy atom. The van der Waals surface area contributed by atoms with E-state index in [1.54, 1.807) is 32.0 Å². The van der Waals surface area contributed by atoms with E-state index in [-0.39, 0.29) is 22.3 Å². The van der Waals surface area contributed by atoms with Gasteiger partial charge in [-0.2, -0.15) is 4.61 Å². The summed E-state index contributed by atoms with van der Waals surface area (Å²) in [5.74, 6) is 5.16. The van der Waals surface area contributed by atoms with E-state index in [0.717, 1.165) is 25.9 Å². The number of rotatable bonds is 2. The molecule has 2 saturated heterocycles. The molecular formula is C22H26Cl2N4O2S. The van der Waals surface area contributed by atoms with Gasteiger partial charge in [-0.15, -0.1) is 0 Å². The van der Waals surface area contributed by atoms with Crippen LogP contribution in [0.3, 0.4) is 0 Å². The van der Waals surface area contributed by atoms with Gasteiger partial charge in [-0.05, 0) is 61.7 Å². The molecule has 166 valence electrons. The molecule has 3 heterocycles. The lowest BCUT2D eigenvalue weighted by Crippen LogP contribution is -2.46. The molecule has 2 aliphatic rings. The molecule has 1 aromatic heterocycles. The monoisotopic (exact) mass is 480 g/mol. The Kier molecular flexibility index (Phi) is 6.01. The first kappa shape index (κ1) is 22.4. The van der Waals surface area contributed by atoms with Crippen LogP contribution in [0, 0.1) is 23.9 Å². The zero-order valence-corrected chi connectivity index (χ0v) is 20.2. The first-order valence-corrected chi connectivity index (χ1v) is 12.5. The third kappa shape index (κ3) is 3.73. The molecule has 6 nitrogen and oxygen atoms in total. The van der Waals surface area contributed by atoms with E-state index in [1.807, 2.05) is 6.92 Å². The number of halogens is 2. The minimum atomic E-state index is -0.940. The van der Waals surface area contributed by atoms with Gasteiger partial charge in [0.15, 0.2) is 0 Å². The second kappa shape index (κ2) is 8.30. The van der Waals surface area contributed by atoms with Gasteiger partial charge in [0.05, 0.1) is 39.3 Å². The Morgan fingerprint density at radius 1 is 1.29 bits per heavy atom. The quantitative estimate of drug-likeness (QED) is 0.581. The van der Waals surface area contributed by atoms with Crippen LogP contribution in [0.15, 0.2) is 23.0 Å². The van der Waals surface area contributed by atoms with Crippen LogP contribution >= 0.6 is 33.3 Å². The van der Waals surface area contributed by atoms with Gasteiger partial charge in [-0.1, -0.05) is 29.3 Å². The fraction of sp³-hybridized carbons (Fsp3) is 0.500. The van der Waals surface area contributed by atoms with Crippen LogP contribution in [0.25, 0.3) is 5.69 Å². The van der Waals surface area contributed by atoms with E-state index in [0.29, 0.717) is 39.5 Å². The van der Waals surface area contributed by atoms with Crippen LogP contribution < -0.4 is 10.5 Å². The number of hydrogen-bond donors (Lipinski definition) is 0. The Balaban J connectivity index is 1.66. The van der Waals surface area contributed by atoms with Crippen molar-refractivity contribution in [1.29, 1.82) is 4.61 Å². The van der Waals surface area contributed by atoms with Crippen molar-refractivity contribution in [1.82, 2.24) is 9.55 Å². The lowest BCUT2D eigenvalue weighted by Gasteiger charge is -2.41. The number of piperidine rings is 1. The third-order valence-corrected chi connectivity index (χ3v) is 8.92. The summed E-state index contributed by atoms with van der Waals surface area (Å²) < 4.78 is 17.7. The summed E-state index contributed by atoms with van der Waals surface area (Å²) in [6.45, 7) is 7.76. The topological polar surface area (TPSA) is 71.2 Å². The number of hydrogen-bond acceptors (Lipinski definition) is 5. The number of ether oxygens (including phenoxy) is 1. The van der Waals surface area contributed by atoms with Gasteiger partial charge in [0.25, 0.3) is 5.56 Å². The summed E-state index contributed by atoms with van der Waals surface area (Å²) in [5.41, 5.74) is 0.880. The molecule has 0 bridgehead atoms. The minimum Gasteiger partial charge on any atom is -0.376 e. The van der Waals surface area contributed by atoms with Crippen molar-refractivity contribution in [3.05, 3.63) is 50.0 Å². The highest BCUT2D eigenvalue weighted by Crippen LogP contribution is 2.47. The number of nitrogens with zero attached hydrogens (tertiary/aromatic N) is 4. The van der Waals surface area contributed by atoms with E-state index < -0.39 is 10.1 Å². The van der Waals surface area contributed by atoms with Gasteiger partial charge in [-0.25, -0.2) is 4.98 Å². The number of anilines is 1. The predicted molar refractivity (Wildman–Crippen MR) is 129 cm³/mol. The molecule has 4 rings (SSSR count). The van der Waals surface area contributed by atoms with Crippen LogP contribution in [0.4, 0.5) is 5.82 Å². The zero-order chi connectivity index (χ0) is 22.5. The van der Waals surface area contributed by atoms with Gasteiger partial charge in [0.1, 0.15) is 11.6 Å². The third-order valence-electron chi connectivity index (χ3n) is 6.64. The van der Waals surface area contributed by atoms with E-state index in [1.165, 1.54) is 4.57 Å². The molecule has 1 aromatic carbocycles. The highest BCUT2D eigenvalue weighted by molar-refractivity contribution is 8.02. The maximum Gasteiger partial charge on any atom is 0.263 e. The molecule has 2 atom stereocenters. The van der Waals surface area contributed by atoms with Gasteiger partial charge < -0.3 is 9.64 Å². The van der Waals surface area contributed by atoms with Crippen LogP contribution in [0.1, 0.15) is 31.2 Å². The van der Waals surface area contributed by atoms with Crippen molar-refractivity contribution in [2.24, 2.45) is 5.41 Å². The standard InChI is InChI=1S/C22H26Cl2N4O2S/c1-13-20(26-15(3)28(21(13)29)17-7-5-6-16(23)18(17)24)27-10-8-22(9-11-27)12-30-14(2)19(22)31(4)25/h5-7,14,19H,4,8-12H2,1-3H3/t14-,19?/m0/s1. The maximum absolute atomic E-state index is 13.3. The zero-order valence-electron chi connectivity index (χ0n) is 17.9. The van der Waals surface area contributed by atoms with Crippen LogP contribution in [-0.4, -0.2) is 46.5 Å². The number of aromatic nitrogens is 2. The van der Waals surface area contributed by atoms with Crippen molar-refractivity contribution in [2.75, 3.05) is 24.6 Å². The summed E-state index contributed by atoms with van der Waals surface area (Å²) >= 11 is 12.5. The van der Waals surface area contributed by atoms with E-state index >= 15 is 0 Å². The Bertz CT molecular complexity index is 1220. The fourth-order valence-electron chi connectivity index (χ4n) is 5.02. The molecule has 9 heteroatoms. The molecule has 2 aromatic rings. The molecule has 31 heavy (non-hydrogen) atoms. The lowest BCUT2D eigenvalue weighted by atomic mass is 9.76. The Morgan fingerprint density at radius 3 is 2.61 bits per heavy atom. The highest BCUT2D eigenvalue weighted by atomic mass is 35.5.